The smallest absolute Gasteiger partial charge is 0.215 e. The van der Waals surface area contributed by atoms with E-state index in [2.05, 4.69) is 10.2 Å². The fourth-order valence-electron chi connectivity index (χ4n) is 2.14. The highest BCUT2D eigenvalue weighted by Crippen LogP contribution is 2.21. The summed E-state index contributed by atoms with van der Waals surface area (Å²) in [5.41, 5.74) is -0.332. The van der Waals surface area contributed by atoms with Gasteiger partial charge in [-0.3, -0.25) is 0 Å². The molecular weight excluding hydrogens is 238 g/mol. The largest absolute Gasteiger partial charge is 0.314 e. The quantitative estimate of drug-likeness (QED) is 0.773. The highest BCUT2D eigenvalue weighted by molar-refractivity contribution is 7.89. The van der Waals surface area contributed by atoms with Gasteiger partial charge in [-0.05, 0) is 40.9 Å². The van der Waals surface area contributed by atoms with Gasteiger partial charge in [-0.1, -0.05) is 0 Å². The lowest BCUT2D eigenvalue weighted by Crippen LogP contribution is -2.51. The molecule has 0 spiro atoms. The molecule has 1 fully saturated rings. The van der Waals surface area contributed by atoms with Crippen molar-refractivity contribution in [2.45, 2.75) is 25.8 Å². The predicted octanol–water partition coefficient (Wildman–Crippen LogP) is -0.0483. The van der Waals surface area contributed by atoms with Crippen molar-refractivity contribution < 1.29 is 8.42 Å². The van der Waals surface area contributed by atoms with Crippen LogP contribution in [0.4, 0.5) is 0 Å². The van der Waals surface area contributed by atoms with E-state index in [9.17, 15) is 8.42 Å². The van der Waals surface area contributed by atoms with Crippen molar-refractivity contribution in [2.75, 3.05) is 46.0 Å². The monoisotopic (exact) mass is 263 g/mol. The Labute approximate surface area is 105 Å². The van der Waals surface area contributed by atoms with Gasteiger partial charge in [0, 0.05) is 25.2 Å². The summed E-state index contributed by atoms with van der Waals surface area (Å²) < 4.78 is 26.0. The Morgan fingerprint density at radius 3 is 2.59 bits per heavy atom. The highest BCUT2D eigenvalue weighted by atomic mass is 32.2. The third kappa shape index (κ3) is 4.21. The van der Waals surface area contributed by atoms with Crippen LogP contribution < -0.4 is 5.32 Å². The average molecular weight is 263 g/mol. The van der Waals surface area contributed by atoms with E-state index < -0.39 is 10.0 Å². The Morgan fingerprint density at radius 1 is 1.35 bits per heavy atom. The maximum atomic E-state index is 12.2. The topological polar surface area (TPSA) is 52.6 Å². The first-order chi connectivity index (χ1) is 7.76. The second-order valence-electron chi connectivity index (χ2n) is 5.53. The average Bonchev–Trinajstić information content (AvgIpc) is 2.27. The van der Waals surface area contributed by atoms with E-state index in [-0.39, 0.29) is 11.3 Å². The van der Waals surface area contributed by atoms with Gasteiger partial charge in [-0.15, -0.1) is 0 Å². The predicted molar refractivity (Wildman–Crippen MR) is 70.6 cm³/mol. The second kappa shape index (κ2) is 5.65. The summed E-state index contributed by atoms with van der Waals surface area (Å²) in [7, 11) is 0.894. The molecule has 0 aromatic rings. The molecule has 0 amide bonds. The zero-order valence-corrected chi connectivity index (χ0v) is 12.2. The van der Waals surface area contributed by atoms with Crippen molar-refractivity contribution in [1.29, 1.82) is 0 Å². The van der Waals surface area contributed by atoms with Crippen LogP contribution in [0.25, 0.3) is 0 Å². The van der Waals surface area contributed by atoms with Crippen LogP contribution in [-0.4, -0.2) is 69.2 Å². The summed E-state index contributed by atoms with van der Waals surface area (Å²) in [6.07, 6.45) is 0.871. The molecule has 1 rings (SSSR count). The molecule has 1 aliphatic rings. The molecular formula is C11H25N3O2S. The Balaban J connectivity index is 2.73. The van der Waals surface area contributed by atoms with Gasteiger partial charge in [0.15, 0.2) is 0 Å². The lowest BCUT2D eigenvalue weighted by Gasteiger charge is -2.35. The zero-order valence-electron chi connectivity index (χ0n) is 11.4. The molecule has 0 bridgehead atoms. The molecule has 5 nitrogen and oxygen atoms in total. The van der Waals surface area contributed by atoms with E-state index >= 15 is 0 Å². The van der Waals surface area contributed by atoms with Gasteiger partial charge in [0.1, 0.15) is 0 Å². The van der Waals surface area contributed by atoms with Gasteiger partial charge in [0.05, 0.1) is 5.75 Å². The molecule has 1 heterocycles. The van der Waals surface area contributed by atoms with Crippen molar-refractivity contribution in [2.24, 2.45) is 0 Å². The first-order valence-corrected chi connectivity index (χ1v) is 7.72. The van der Waals surface area contributed by atoms with Gasteiger partial charge < -0.3 is 10.2 Å². The Morgan fingerprint density at radius 2 is 2.00 bits per heavy atom. The summed E-state index contributed by atoms with van der Waals surface area (Å²) in [6, 6.07) is 0. The van der Waals surface area contributed by atoms with Crippen LogP contribution in [0, 0.1) is 0 Å². The van der Waals surface area contributed by atoms with Gasteiger partial charge in [0.2, 0.25) is 10.0 Å². The first-order valence-electron chi connectivity index (χ1n) is 6.12. The van der Waals surface area contributed by atoms with Crippen molar-refractivity contribution in [3.63, 3.8) is 0 Å². The number of sulfonamides is 1. The zero-order chi connectivity index (χ0) is 13.1. The third-order valence-electron chi connectivity index (χ3n) is 3.07. The van der Waals surface area contributed by atoms with Crippen LogP contribution >= 0.6 is 0 Å². The van der Waals surface area contributed by atoms with Crippen LogP contribution in [-0.2, 0) is 10.0 Å². The van der Waals surface area contributed by atoms with Crippen LogP contribution in [0.15, 0.2) is 0 Å². The van der Waals surface area contributed by atoms with Crippen molar-refractivity contribution in [3.05, 3.63) is 0 Å². The second-order valence-corrected chi connectivity index (χ2v) is 7.55. The van der Waals surface area contributed by atoms with Crippen molar-refractivity contribution in [3.8, 4) is 0 Å². The highest BCUT2D eigenvalue weighted by Gasteiger charge is 2.37. The molecule has 1 aliphatic heterocycles. The molecule has 0 aromatic carbocycles. The molecule has 0 atom stereocenters. The van der Waals surface area contributed by atoms with Gasteiger partial charge in [-0.25, -0.2) is 8.42 Å². The van der Waals surface area contributed by atoms with E-state index in [0.717, 1.165) is 13.0 Å². The van der Waals surface area contributed by atoms with Gasteiger partial charge >= 0.3 is 0 Å². The Hall–Kier alpha value is -0.170. The van der Waals surface area contributed by atoms with Crippen molar-refractivity contribution in [1.82, 2.24) is 14.5 Å². The third-order valence-corrected chi connectivity index (χ3v) is 5.14. The molecule has 6 heteroatoms. The lowest BCUT2D eigenvalue weighted by molar-refractivity contribution is 0.220. The molecule has 0 aliphatic carbocycles. The van der Waals surface area contributed by atoms with E-state index in [1.807, 2.05) is 27.9 Å². The Kier molecular flexibility index (Phi) is 4.95. The normalized spacial score (nSPS) is 24.8. The van der Waals surface area contributed by atoms with Crippen molar-refractivity contribution >= 4 is 10.0 Å². The number of nitrogens with zero attached hydrogens (tertiary/aromatic N) is 2. The summed E-state index contributed by atoms with van der Waals surface area (Å²) in [6.45, 7) is 6.76. The Bertz CT molecular complexity index is 339. The summed E-state index contributed by atoms with van der Waals surface area (Å²) in [5, 5.41) is 3.19. The van der Waals surface area contributed by atoms with Crippen LogP contribution in [0.1, 0.15) is 20.3 Å². The fourth-order valence-corrected chi connectivity index (χ4v) is 3.99. The summed E-state index contributed by atoms with van der Waals surface area (Å²) in [4.78, 5) is 2.08. The molecule has 0 aromatic heterocycles. The fraction of sp³-hybridized carbons (Fsp3) is 1.00. The number of nitrogens with one attached hydrogen (secondary N) is 1. The van der Waals surface area contributed by atoms with Gasteiger partial charge in [-0.2, -0.15) is 4.31 Å². The van der Waals surface area contributed by atoms with Crippen LogP contribution in [0.5, 0.6) is 0 Å². The van der Waals surface area contributed by atoms with Crippen LogP contribution in [0.3, 0.4) is 0 Å². The number of rotatable bonds is 4. The number of hydrogen-bond acceptors (Lipinski definition) is 4. The van der Waals surface area contributed by atoms with E-state index in [1.165, 1.54) is 0 Å². The minimum atomic E-state index is -3.11. The molecule has 102 valence electrons. The van der Waals surface area contributed by atoms with E-state index in [0.29, 0.717) is 19.6 Å². The van der Waals surface area contributed by atoms with Gasteiger partial charge in [0.25, 0.3) is 0 Å². The first kappa shape index (κ1) is 14.9. The molecule has 17 heavy (non-hydrogen) atoms. The summed E-state index contributed by atoms with van der Waals surface area (Å²) in [5.74, 6) is 0.207. The van der Waals surface area contributed by atoms with E-state index in [4.69, 9.17) is 0 Å². The molecule has 0 saturated carbocycles. The maximum absolute atomic E-state index is 12.2. The SMILES string of the molecule is CN(C)CCCN1C(C)(C)CNCCS1(=O)=O. The summed E-state index contributed by atoms with van der Waals surface area (Å²) >= 11 is 0. The maximum Gasteiger partial charge on any atom is 0.215 e. The molecule has 1 N–H and O–H groups in total. The standard InChI is InChI=1S/C11H25N3O2S/c1-11(2)10-12-6-9-17(15,16)14(11)8-5-7-13(3)4/h12H,5-10H2,1-4H3. The number of hydrogen-bond donors (Lipinski definition) is 1. The lowest BCUT2D eigenvalue weighted by atomic mass is 10.1. The minimum Gasteiger partial charge on any atom is -0.314 e. The van der Waals surface area contributed by atoms with Crippen LogP contribution in [0.2, 0.25) is 0 Å². The molecule has 1 saturated heterocycles. The minimum absolute atomic E-state index is 0.207. The van der Waals surface area contributed by atoms with E-state index in [1.54, 1.807) is 4.31 Å². The molecule has 0 radical (unpaired) electrons. The molecule has 0 unspecified atom stereocenters.